The van der Waals surface area contributed by atoms with Crippen LogP contribution in [0.25, 0.3) is 0 Å². The van der Waals surface area contributed by atoms with Gasteiger partial charge in [-0.2, -0.15) is 0 Å². The number of hydrogen-bond acceptors (Lipinski definition) is 3. The Kier molecular flexibility index (Phi) is 6.72. The topological polar surface area (TPSA) is 84.2 Å². The number of rotatable bonds is 5. The molecule has 10 heteroatoms. The van der Waals surface area contributed by atoms with Crippen molar-refractivity contribution in [3.05, 3.63) is 86.9 Å². The summed E-state index contributed by atoms with van der Waals surface area (Å²) in [5.41, 5.74) is 8.00. The van der Waals surface area contributed by atoms with E-state index in [0.717, 1.165) is 0 Å². The Bertz CT molecular complexity index is 1230. The first-order valence-corrected chi connectivity index (χ1v) is 11.6. The molecule has 0 aromatic heterocycles. The summed E-state index contributed by atoms with van der Waals surface area (Å²) in [5, 5.41) is 6.55. The molecule has 0 unspecified atom stereocenters. The normalized spacial score (nSPS) is 18.5. The second kappa shape index (κ2) is 9.24. The van der Waals surface area contributed by atoms with Crippen LogP contribution >= 0.6 is 58.0 Å². The van der Waals surface area contributed by atoms with E-state index < -0.39 is 28.0 Å². The van der Waals surface area contributed by atoms with E-state index in [0.29, 0.717) is 32.7 Å². The van der Waals surface area contributed by atoms with E-state index in [9.17, 15) is 9.59 Å². The number of alkyl halides is 2. The molecule has 3 aromatic carbocycles. The van der Waals surface area contributed by atoms with Gasteiger partial charge in [-0.1, -0.05) is 34.8 Å². The van der Waals surface area contributed by atoms with Crippen molar-refractivity contribution in [1.82, 2.24) is 0 Å². The van der Waals surface area contributed by atoms with E-state index in [1.165, 1.54) is 12.1 Å². The molecule has 1 aliphatic carbocycles. The maximum Gasteiger partial charge on any atom is 0.257 e. The number of carbonyl (C=O) groups excluding carboxylic acids is 2. The SMILES string of the molecule is Nc1ccc(NC(=O)c2cc(NC(=O)[C@H]3[C@H](c4cc(Cl)cc(Cl)c4)C3(Cl)Cl)ccc2Cl)cc1. The fourth-order valence-electron chi connectivity index (χ4n) is 3.58. The molecule has 33 heavy (non-hydrogen) atoms. The van der Waals surface area contributed by atoms with Gasteiger partial charge >= 0.3 is 0 Å². The number of nitrogens with two attached hydrogens (primary N) is 1. The molecule has 2 atom stereocenters. The largest absolute Gasteiger partial charge is 0.399 e. The molecule has 4 N–H and O–H groups in total. The summed E-state index contributed by atoms with van der Waals surface area (Å²) in [6.45, 7) is 0. The van der Waals surface area contributed by atoms with Gasteiger partial charge in [0.15, 0.2) is 0 Å². The Hall–Kier alpha value is -2.15. The number of halogens is 5. The highest BCUT2D eigenvalue weighted by atomic mass is 35.5. The highest BCUT2D eigenvalue weighted by Gasteiger charge is 2.67. The Morgan fingerprint density at radius 3 is 2.06 bits per heavy atom. The molecular formula is C23H16Cl5N3O2. The summed E-state index contributed by atoms with van der Waals surface area (Å²) in [6, 6.07) is 16.2. The average molecular weight is 544 g/mol. The van der Waals surface area contributed by atoms with Crippen molar-refractivity contribution < 1.29 is 9.59 Å². The molecule has 5 nitrogen and oxygen atoms in total. The van der Waals surface area contributed by atoms with Gasteiger partial charge in [-0.3, -0.25) is 9.59 Å². The predicted octanol–water partition coefficient (Wildman–Crippen LogP) is 7.01. The molecule has 1 fully saturated rings. The monoisotopic (exact) mass is 541 g/mol. The van der Waals surface area contributed by atoms with E-state index in [1.807, 2.05) is 0 Å². The number of anilines is 3. The minimum absolute atomic E-state index is 0.184. The summed E-state index contributed by atoms with van der Waals surface area (Å²) in [7, 11) is 0. The van der Waals surface area contributed by atoms with Crippen molar-refractivity contribution in [1.29, 1.82) is 0 Å². The second-order valence-electron chi connectivity index (χ2n) is 7.59. The first-order chi connectivity index (χ1) is 15.6. The zero-order chi connectivity index (χ0) is 23.9. The van der Waals surface area contributed by atoms with Crippen molar-refractivity contribution in [2.45, 2.75) is 10.3 Å². The lowest BCUT2D eigenvalue weighted by Gasteiger charge is -2.10. The molecule has 0 saturated heterocycles. The molecule has 2 amide bonds. The lowest BCUT2D eigenvalue weighted by molar-refractivity contribution is -0.117. The van der Waals surface area contributed by atoms with E-state index in [1.54, 1.807) is 48.5 Å². The third-order valence-corrected chi connectivity index (χ3v) is 6.93. The van der Waals surface area contributed by atoms with Gasteiger partial charge in [-0.25, -0.2) is 0 Å². The smallest absolute Gasteiger partial charge is 0.257 e. The second-order valence-corrected chi connectivity index (χ2v) is 10.3. The standard InChI is InChI=1S/C23H16Cl5N3O2/c24-12-7-11(8-13(25)9-12)19-20(23(19,27)28)22(33)31-16-5-6-18(26)17(10-16)21(32)30-15-3-1-14(29)2-4-15/h1-10,19-20H,29H2,(H,30,32)(H,31,33)/t19-,20+/m0/s1. The third kappa shape index (κ3) is 5.18. The highest BCUT2D eigenvalue weighted by molar-refractivity contribution is 6.53. The zero-order valence-corrected chi connectivity index (χ0v) is 20.5. The number of nitrogen functional groups attached to an aromatic ring is 1. The van der Waals surface area contributed by atoms with Crippen molar-refractivity contribution in [2.24, 2.45) is 5.92 Å². The molecule has 0 heterocycles. The fraction of sp³-hybridized carbons (Fsp3) is 0.130. The minimum Gasteiger partial charge on any atom is -0.399 e. The number of carbonyl (C=O) groups is 2. The van der Waals surface area contributed by atoms with E-state index in [4.69, 9.17) is 63.7 Å². The van der Waals surface area contributed by atoms with Gasteiger partial charge in [0.2, 0.25) is 5.91 Å². The molecule has 4 rings (SSSR count). The number of hydrogen-bond donors (Lipinski definition) is 3. The number of amides is 2. The minimum atomic E-state index is -1.32. The van der Waals surface area contributed by atoms with Gasteiger partial charge in [-0.15, -0.1) is 23.2 Å². The molecule has 0 bridgehead atoms. The Labute approximate surface area is 215 Å². The van der Waals surface area contributed by atoms with Crippen LogP contribution in [0.3, 0.4) is 0 Å². The van der Waals surface area contributed by atoms with Gasteiger partial charge < -0.3 is 16.4 Å². The van der Waals surface area contributed by atoms with E-state index >= 15 is 0 Å². The Morgan fingerprint density at radius 2 is 1.42 bits per heavy atom. The summed E-state index contributed by atoms with van der Waals surface area (Å²) in [6.07, 6.45) is 0. The number of nitrogens with one attached hydrogen (secondary N) is 2. The maximum atomic E-state index is 12.9. The molecule has 0 radical (unpaired) electrons. The van der Waals surface area contributed by atoms with Gasteiger partial charge in [-0.05, 0) is 66.2 Å². The highest BCUT2D eigenvalue weighted by Crippen LogP contribution is 2.65. The van der Waals surface area contributed by atoms with Crippen LogP contribution in [0.2, 0.25) is 15.1 Å². The van der Waals surface area contributed by atoms with Crippen molar-refractivity contribution in [3.8, 4) is 0 Å². The van der Waals surface area contributed by atoms with Crippen LogP contribution in [0, 0.1) is 5.92 Å². The van der Waals surface area contributed by atoms with E-state index in [-0.39, 0.29) is 10.6 Å². The van der Waals surface area contributed by atoms with Gasteiger partial charge in [0.25, 0.3) is 5.91 Å². The Morgan fingerprint density at radius 1 is 0.818 bits per heavy atom. The average Bonchev–Trinajstić information content (AvgIpc) is 3.32. The van der Waals surface area contributed by atoms with Crippen LogP contribution in [0.4, 0.5) is 17.1 Å². The zero-order valence-electron chi connectivity index (χ0n) is 16.7. The van der Waals surface area contributed by atoms with Crippen LogP contribution in [-0.4, -0.2) is 16.1 Å². The van der Waals surface area contributed by atoms with E-state index in [2.05, 4.69) is 10.6 Å². The fourth-order valence-corrected chi connectivity index (χ4v) is 5.16. The summed E-state index contributed by atoms with van der Waals surface area (Å²) in [5.74, 6) is -2.08. The summed E-state index contributed by atoms with van der Waals surface area (Å²) >= 11 is 31.2. The summed E-state index contributed by atoms with van der Waals surface area (Å²) < 4.78 is -1.32. The predicted molar refractivity (Wildman–Crippen MR) is 136 cm³/mol. The quantitative estimate of drug-likeness (QED) is 0.239. The molecule has 3 aromatic rings. The van der Waals surface area contributed by atoms with Crippen LogP contribution in [0.1, 0.15) is 21.8 Å². The maximum absolute atomic E-state index is 12.9. The van der Waals surface area contributed by atoms with Gasteiger partial charge in [0.1, 0.15) is 4.33 Å². The van der Waals surface area contributed by atoms with Gasteiger partial charge in [0, 0.05) is 33.0 Å². The molecule has 1 saturated carbocycles. The lowest BCUT2D eigenvalue weighted by atomic mass is 10.1. The number of benzene rings is 3. The van der Waals surface area contributed by atoms with Crippen LogP contribution in [0.15, 0.2) is 60.7 Å². The first kappa shape index (κ1) is 24.0. The van der Waals surface area contributed by atoms with Crippen molar-refractivity contribution in [3.63, 3.8) is 0 Å². The summed E-state index contributed by atoms with van der Waals surface area (Å²) in [4.78, 5) is 25.6. The van der Waals surface area contributed by atoms with Crippen molar-refractivity contribution in [2.75, 3.05) is 16.4 Å². The van der Waals surface area contributed by atoms with Crippen LogP contribution < -0.4 is 16.4 Å². The molecular weight excluding hydrogens is 528 g/mol. The molecule has 170 valence electrons. The third-order valence-electron chi connectivity index (χ3n) is 5.23. The molecule has 1 aliphatic rings. The van der Waals surface area contributed by atoms with Crippen LogP contribution in [0.5, 0.6) is 0 Å². The van der Waals surface area contributed by atoms with Crippen molar-refractivity contribution >= 4 is 86.9 Å². The molecule has 0 spiro atoms. The first-order valence-electron chi connectivity index (χ1n) is 9.67. The molecule has 0 aliphatic heterocycles. The Balaban J connectivity index is 1.50. The lowest BCUT2D eigenvalue weighted by Crippen LogP contribution is -2.18. The van der Waals surface area contributed by atoms with Crippen LogP contribution in [-0.2, 0) is 4.79 Å². The van der Waals surface area contributed by atoms with Gasteiger partial charge in [0.05, 0.1) is 16.5 Å².